The first-order valence-electron chi connectivity index (χ1n) is 8.76. The zero-order chi connectivity index (χ0) is 18.4. The summed E-state index contributed by atoms with van der Waals surface area (Å²) in [5.74, 6) is -0.843. The van der Waals surface area contributed by atoms with E-state index in [4.69, 9.17) is 9.57 Å². The summed E-state index contributed by atoms with van der Waals surface area (Å²) in [5.41, 5.74) is 1.12. The molecule has 0 aliphatic carbocycles. The van der Waals surface area contributed by atoms with Crippen LogP contribution >= 0.6 is 0 Å². The van der Waals surface area contributed by atoms with Crippen molar-refractivity contribution in [2.75, 3.05) is 19.7 Å². The minimum absolute atomic E-state index is 0.0961. The molecule has 1 aromatic rings. The third-order valence-corrected chi connectivity index (χ3v) is 4.32. The molecule has 2 aliphatic heterocycles. The molecule has 1 saturated heterocycles. The third-order valence-electron chi connectivity index (χ3n) is 4.32. The number of benzene rings is 1. The number of rotatable bonds is 7. The van der Waals surface area contributed by atoms with Crippen LogP contribution in [0.2, 0.25) is 0 Å². The van der Waals surface area contributed by atoms with Crippen LogP contribution in [0, 0.1) is 5.82 Å². The van der Waals surface area contributed by atoms with Crippen LogP contribution in [-0.4, -0.2) is 49.4 Å². The van der Waals surface area contributed by atoms with E-state index in [1.165, 1.54) is 12.1 Å². The van der Waals surface area contributed by atoms with Crippen molar-refractivity contribution in [3.8, 4) is 0 Å². The van der Waals surface area contributed by atoms with E-state index in [0.29, 0.717) is 17.8 Å². The van der Waals surface area contributed by atoms with Crippen molar-refractivity contribution in [1.82, 2.24) is 10.6 Å². The van der Waals surface area contributed by atoms with Gasteiger partial charge in [-0.05, 0) is 25.0 Å². The van der Waals surface area contributed by atoms with E-state index in [0.717, 1.165) is 19.4 Å². The Labute approximate surface area is 150 Å². The van der Waals surface area contributed by atoms with Crippen molar-refractivity contribution in [1.29, 1.82) is 0 Å². The SMILES string of the molecule is O=C(CCNC(=O)C1CC(c2cccc(F)c2)=NO1)NCC1CCCO1. The quantitative estimate of drug-likeness (QED) is 0.760. The highest BCUT2D eigenvalue weighted by molar-refractivity contribution is 6.04. The standard InChI is InChI=1S/C18H22FN3O4/c19-13-4-1-3-12(9-13)15-10-16(26-22-15)18(24)20-7-6-17(23)21-11-14-5-2-8-25-14/h1,3-4,9,14,16H,2,5-8,10-11H2,(H,20,24)(H,21,23). The van der Waals surface area contributed by atoms with Crippen molar-refractivity contribution in [3.05, 3.63) is 35.6 Å². The van der Waals surface area contributed by atoms with E-state index < -0.39 is 6.10 Å². The summed E-state index contributed by atoms with van der Waals surface area (Å²) in [5, 5.41) is 9.32. The van der Waals surface area contributed by atoms with Crippen LogP contribution < -0.4 is 10.6 Å². The molecule has 0 spiro atoms. The van der Waals surface area contributed by atoms with Crippen LogP contribution in [0.1, 0.15) is 31.2 Å². The molecule has 2 atom stereocenters. The molecule has 0 radical (unpaired) electrons. The first kappa shape index (κ1) is 18.3. The molecule has 0 saturated carbocycles. The lowest BCUT2D eigenvalue weighted by Gasteiger charge is -2.12. The second-order valence-corrected chi connectivity index (χ2v) is 6.33. The Morgan fingerprint density at radius 2 is 2.19 bits per heavy atom. The average Bonchev–Trinajstić information content (AvgIpc) is 3.32. The van der Waals surface area contributed by atoms with Gasteiger partial charge in [-0.15, -0.1) is 0 Å². The van der Waals surface area contributed by atoms with Gasteiger partial charge in [0.2, 0.25) is 12.0 Å². The highest BCUT2D eigenvalue weighted by Gasteiger charge is 2.28. The molecule has 8 heteroatoms. The van der Waals surface area contributed by atoms with Crippen molar-refractivity contribution in [3.63, 3.8) is 0 Å². The van der Waals surface area contributed by atoms with Crippen LogP contribution in [0.3, 0.4) is 0 Å². The molecule has 1 aromatic carbocycles. The summed E-state index contributed by atoms with van der Waals surface area (Å²) in [6.45, 7) is 1.46. The predicted octanol–water partition coefficient (Wildman–Crippen LogP) is 1.12. The first-order valence-corrected chi connectivity index (χ1v) is 8.76. The number of carbonyl (C=O) groups is 2. The van der Waals surface area contributed by atoms with Gasteiger partial charge in [-0.1, -0.05) is 17.3 Å². The number of oxime groups is 1. The maximum atomic E-state index is 13.3. The third kappa shape index (κ3) is 5.01. The zero-order valence-electron chi connectivity index (χ0n) is 14.4. The van der Waals surface area contributed by atoms with E-state index in [-0.39, 0.29) is 43.1 Å². The Morgan fingerprint density at radius 3 is 2.96 bits per heavy atom. The number of hydrogen-bond acceptors (Lipinski definition) is 5. The van der Waals surface area contributed by atoms with Gasteiger partial charge in [-0.3, -0.25) is 9.59 Å². The Hall–Kier alpha value is -2.48. The zero-order valence-corrected chi connectivity index (χ0v) is 14.4. The minimum atomic E-state index is -0.761. The van der Waals surface area contributed by atoms with Gasteiger partial charge in [0.05, 0.1) is 11.8 Å². The number of amides is 2. The lowest BCUT2D eigenvalue weighted by molar-refractivity contribution is -0.131. The Kier molecular flexibility index (Phi) is 6.17. The molecule has 2 heterocycles. The Balaban J connectivity index is 1.35. The molecule has 0 bridgehead atoms. The molecule has 2 N–H and O–H groups in total. The fourth-order valence-electron chi connectivity index (χ4n) is 2.89. The summed E-state index contributed by atoms with van der Waals surface area (Å²) in [6.07, 6.45) is 1.77. The van der Waals surface area contributed by atoms with Gasteiger partial charge in [-0.2, -0.15) is 0 Å². The number of hydrogen-bond donors (Lipinski definition) is 2. The molecule has 3 rings (SSSR count). The summed E-state index contributed by atoms with van der Waals surface area (Å²) >= 11 is 0. The number of nitrogens with zero attached hydrogens (tertiary/aromatic N) is 1. The van der Waals surface area contributed by atoms with Gasteiger partial charge < -0.3 is 20.2 Å². The highest BCUT2D eigenvalue weighted by atomic mass is 19.1. The molecule has 2 unspecified atom stereocenters. The van der Waals surface area contributed by atoms with Crippen molar-refractivity contribution < 1.29 is 23.6 Å². The molecule has 0 aromatic heterocycles. The smallest absolute Gasteiger partial charge is 0.264 e. The highest BCUT2D eigenvalue weighted by Crippen LogP contribution is 2.17. The molecular formula is C18H22FN3O4. The van der Waals surface area contributed by atoms with Crippen LogP contribution in [0.15, 0.2) is 29.4 Å². The monoisotopic (exact) mass is 363 g/mol. The van der Waals surface area contributed by atoms with Gasteiger partial charge in [-0.25, -0.2) is 4.39 Å². The summed E-state index contributed by atoms with van der Waals surface area (Å²) in [7, 11) is 0. The molecule has 7 nitrogen and oxygen atoms in total. The number of nitrogens with one attached hydrogen (secondary N) is 2. The lowest BCUT2D eigenvalue weighted by atomic mass is 10.0. The molecule has 2 amide bonds. The number of ether oxygens (including phenoxy) is 1. The van der Waals surface area contributed by atoms with E-state index >= 15 is 0 Å². The van der Waals surface area contributed by atoms with E-state index in [9.17, 15) is 14.0 Å². The van der Waals surface area contributed by atoms with Gasteiger partial charge in [0, 0.05) is 38.1 Å². The lowest BCUT2D eigenvalue weighted by Crippen LogP contribution is -2.38. The fraction of sp³-hybridized carbons (Fsp3) is 0.500. The van der Waals surface area contributed by atoms with Crippen LogP contribution in [0.5, 0.6) is 0 Å². The molecule has 26 heavy (non-hydrogen) atoms. The number of carbonyl (C=O) groups excluding carboxylic acids is 2. The minimum Gasteiger partial charge on any atom is -0.382 e. The largest absolute Gasteiger partial charge is 0.382 e. The Bertz CT molecular complexity index is 689. The van der Waals surface area contributed by atoms with Crippen molar-refractivity contribution >= 4 is 17.5 Å². The first-order chi connectivity index (χ1) is 12.6. The van der Waals surface area contributed by atoms with Crippen molar-refractivity contribution in [2.45, 2.75) is 37.9 Å². The maximum Gasteiger partial charge on any atom is 0.264 e. The van der Waals surface area contributed by atoms with Crippen molar-refractivity contribution in [2.24, 2.45) is 5.16 Å². The molecule has 1 fully saturated rings. The van der Waals surface area contributed by atoms with Gasteiger partial charge in [0.25, 0.3) is 5.91 Å². The Morgan fingerprint density at radius 1 is 1.31 bits per heavy atom. The topological polar surface area (TPSA) is 89.0 Å². The normalized spacial score (nSPS) is 21.8. The summed E-state index contributed by atoms with van der Waals surface area (Å²) < 4.78 is 18.7. The summed E-state index contributed by atoms with van der Waals surface area (Å²) in [4.78, 5) is 29.0. The molecule has 140 valence electrons. The van der Waals surface area contributed by atoms with Crippen LogP contribution in [0.25, 0.3) is 0 Å². The number of halogens is 1. The second-order valence-electron chi connectivity index (χ2n) is 6.33. The fourth-order valence-corrected chi connectivity index (χ4v) is 2.89. The molecular weight excluding hydrogens is 341 g/mol. The predicted molar refractivity (Wildman–Crippen MR) is 92.0 cm³/mol. The van der Waals surface area contributed by atoms with Gasteiger partial charge in [0.15, 0.2) is 0 Å². The van der Waals surface area contributed by atoms with Crippen LogP contribution in [0.4, 0.5) is 4.39 Å². The van der Waals surface area contributed by atoms with E-state index in [2.05, 4.69) is 15.8 Å². The van der Waals surface area contributed by atoms with Gasteiger partial charge in [0.1, 0.15) is 5.82 Å². The summed E-state index contributed by atoms with van der Waals surface area (Å²) in [6, 6.07) is 5.98. The molecule has 2 aliphatic rings. The van der Waals surface area contributed by atoms with Crippen LogP contribution in [-0.2, 0) is 19.2 Å². The van der Waals surface area contributed by atoms with E-state index in [1.54, 1.807) is 12.1 Å². The second kappa shape index (κ2) is 8.75. The van der Waals surface area contributed by atoms with Gasteiger partial charge >= 0.3 is 0 Å². The van der Waals surface area contributed by atoms with E-state index in [1.807, 2.05) is 0 Å². The average molecular weight is 363 g/mol. The maximum absolute atomic E-state index is 13.3.